The predicted octanol–water partition coefficient (Wildman–Crippen LogP) is 4.11. The molecule has 1 aromatic heterocycles. The molecule has 0 unspecified atom stereocenters. The smallest absolute Gasteiger partial charge is 0.335 e. The van der Waals surface area contributed by atoms with E-state index in [0.29, 0.717) is 47.9 Å². The number of carbonyl (C=O) groups is 2. The van der Waals surface area contributed by atoms with Crippen molar-refractivity contribution in [3.63, 3.8) is 0 Å². The molecule has 2 aliphatic heterocycles. The van der Waals surface area contributed by atoms with Crippen LogP contribution in [0.25, 0.3) is 11.1 Å². The van der Waals surface area contributed by atoms with Crippen molar-refractivity contribution >= 4 is 23.2 Å². The van der Waals surface area contributed by atoms with Crippen molar-refractivity contribution in [2.24, 2.45) is 0 Å². The standard InChI is InChI=1S/C25H23F3N4O2S/c26-25(27,28)20-3-1-2-19(14-20)17-4-6-18(7-5-17)23(33)32-15-21(16-32)30-9-11-31(12-10-30)24(34)22-29-8-13-35-22/h1-8,13-14,21H,9-12,15-16H2. The summed E-state index contributed by atoms with van der Waals surface area (Å²) < 4.78 is 39.0. The van der Waals surface area contributed by atoms with Crippen LogP contribution >= 0.6 is 11.3 Å². The summed E-state index contributed by atoms with van der Waals surface area (Å²) in [4.78, 5) is 35.3. The van der Waals surface area contributed by atoms with E-state index in [9.17, 15) is 22.8 Å². The van der Waals surface area contributed by atoms with E-state index < -0.39 is 11.7 Å². The Labute approximate surface area is 204 Å². The number of thiazole rings is 1. The van der Waals surface area contributed by atoms with E-state index in [2.05, 4.69) is 9.88 Å². The third-order valence-corrected chi connectivity index (χ3v) is 7.30. The van der Waals surface area contributed by atoms with E-state index in [-0.39, 0.29) is 17.9 Å². The van der Waals surface area contributed by atoms with Gasteiger partial charge in [-0.25, -0.2) is 4.98 Å². The number of halogens is 3. The highest BCUT2D eigenvalue weighted by Gasteiger charge is 2.37. The van der Waals surface area contributed by atoms with Crippen LogP contribution in [0.3, 0.4) is 0 Å². The fourth-order valence-electron chi connectivity index (χ4n) is 4.47. The molecule has 0 bridgehead atoms. The van der Waals surface area contributed by atoms with Crippen molar-refractivity contribution in [1.82, 2.24) is 19.7 Å². The van der Waals surface area contributed by atoms with Crippen molar-refractivity contribution in [3.05, 3.63) is 76.2 Å². The van der Waals surface area contributed by atoms with Gasteiger partial charge in [0, 0.05) is 62.5 Å². The van der Waals surface area contributed by atoms with Gasteiger partial charge in [0.15, 0.2) is 5.01 Å². The topological polar surface area (TPSA) is 56.8 Å². The molecule has 2 fully saturated rings. The lowest BCUT2D eigenvalue weighted by molar-refractivity contribution is -0.137. The SMILES string of the molecule is O=C(c1ccc(-c2cccc(C(F)(F)F)c2)cc1)N1CC(N2CCN(C(=O)c3nccs3)CC2)C1. The maximum atomic E-state index is 13.0. The number of carbonyl (C=O) groups excluding carboxylic acids is 2. The minimum absolute atomic E-state index is 0.0290. The number of hydrogen-bond acceptors (Lipinski definition) is 5. The largest absolute Gasteiger partial charge is 0.416 e. The Hall–Kier alpha value is -3.24. The van der Waals surface area contributed by atoms with Crippen LogP contribution < -0.4 is 0 Å². The van der Waals surface area contributed by atoms with Gasteiger partial charge in [0.05, 0.1) is 5.56 Å². The quantitative estimate of drug-likeness (QED) is 0.541. The lowest BCUT2D eigenvalue weighted by Crippen LogP contribution is -2.64. The summed E-state index contributed by atoms with van der Waals surface area (Å²) >= 11 is 1.34. The Balaban J connectivity index is 1.14. The molecular weight excluding hydrogens is 477 g/mol. The molecular formula is C25H23F3N4O2S. The average molecular weight is 501 g/mol. The van der Waals surface area contributed by atoms with Crippen LogP contribution in [0.5, 0.6) is 0 Å². The van der Waals surface area contributed by atoms with Crippen LogP contribution in [0.15, 0.2) is 60.1 Å². The summed E-state index contributed by atoms with van der Waals surface area (Å²) in [6, 6.07) is 12.1. The van der Waals surface area contributed by atoms with Crippen LogP contribution in [-0.2, 0) is 6.18 Å². The first kappa shape index (κ1) is 23.5. The van der Waals surface area contributed by atoms with Gasteiger partial charge in [-0.1, -0.05) is 24.3 Å². The number of hydrogen-bond donors (Lipinski definition) is 0. The lowest BCUT2D eigenvalue weighted by atomic mass is 10.00. The van der Waals surface area contributed by atoms with Crippen LogP contribution in [0.2, 0.25) is 0 Å². The molecule has 6 nitrogen and oxygen atoms in total. The third-order valence-electron chi connectivity index (χ3n) is 6.54. The number of benzene rings is 2. The van der Waals surface area contributed by atoms with Crippen molar-refractivity contribution < 1.29 is 22.8 Å². The summed E-state index contributed by atoms with van der Waals surface area (Å²) in [5.41, 5.74) is 0.892. The van der Waals surface area contributed by atoms with Gasteiger partial charge in [-0.2, -0.15) is 13.2 Å². The zero-order valence-corrected chi connectivity index (χ0v) is 19.6. The van der Waals surface area contributed by atoms with E-state index >= 15 is 0 Å². The summed E-state index contributed by atoms with van der Waals surface area (Å²) in [5.74, 6) is -0.118. The van der Waals surface area contributed by atoms with Crippen LogP contribution in [0.1, 0.15) is 25.7 Å². The predicted molar refractivity (Wildman–Crippen MR) is 126 cm³/mol. The van der Waals surface area contributed by atoms with E-state index in [1.807, 2.05) is 4.90 Å². The average Bonchev–Trinajstić information content (AvgIpc) is 3.38. The molecule has 0 saturated carbocycles. The Morgan fingerprint density at radius 3 is 2.23 bits per heavy atom. The van der Waals surface area contributed by atoms with Crippen molar-refractivity contribution in [2.45, 2.75) is 12.2 Å². The number of rotatable bonds is 4. The Morgan fingerprint density at radius 1 is 0.886 bits per heavy atom. The van der Waals surface area contributed by atoms with Crippen molar-refractivity contribution in [3.8, 4) is 11.1 Å². The van der Waals surface area contributed by atoms with Gasteiger partial charge in [0.2, 0.25) is 0 Å². The summed E-state index contributed by atoms with van der Waals surface area (Å²) in [6.07, 6.45) is -2.77. The Kier molecular flexibility index (Phi) is 6.33. The second-order valence-corrected chi connectivity index (χ2v) is 9.58. The third kappa shape index (κ3) is 4.94. The first-order valence-corrected chi connectivity index (χ1v) is 12.2. The lowest BCUT2D eigenvalue weighted by Gasteiger charge is -2.48. The molecule has 5 rings (SSSR count). The zero-order valence-electron chi connectivity index (χ0n) is 18.7. The number of likely N-dealkylation sites (tertiary alicyclic amines) is 1. The molecule has 0 atom stereocenters. The summed E-state index contributed by atoms with van der Waals surface area (Å²) in [6.45, 7) is 4.04. The van der Waals surface area contributed by atoms with E-state index in [1.165, 1.54) is 17.4 Å². The molecule has 2 amide bonds. The van der Waals surface area contributed by atoms with E-state index in [0.717, 1.165) is 25.2 Å². The van der Waals surface area contributed by atoms with Gasteiger partial charge >= 0.3 is 6.18 Å². The molecule has 0 aliphatic carbocycles. The Bertz CT molecular complexity index is 1200. The minimum Gasteiger partial charge on any atom is -0.335 e. The van der Waals surface area contributed by atoms with Gasteiger partial charge in [-0.15, -0.1) is 11.3 Å². The maximum Gasteiger partial charge on any atom is 0.416 e. The molecule has 3 heterocycles. The molecule has 10 heteroatoms. The number of nitrogens with zero attached hydrogens (tertiary/aromatic N) is 4. The van der Waals surface area contributed by atoms with Gasteiger partial charge in [0.1, 0.15) is 0 Å². The molecule has 2 aliphatic rings. The summed E-state index contributed by atoms with van der Waals surface area (Å²) in [5, 5.41) is 2.31. The monoisotopic (exact) mass is 500 g/mol. The fraction of sp³-hybridized carbons (Fsp3) is 0.320. The second kappa shape index (κ2) is 9.43. The van der Waals surface area contributed by atoms with Gasteiger partial charge in [-0.05, 0) is 35.4 Å². The van der Waals surface area contributed by atoms with Crippen molar-refractivity contribution in [1.29, 1.82) is 0 Å². The molecule has 2 aromatic carbocycles. The van der Waals surface area contributed by atoms with E-state index in [4.69, 9.17) is 0 Å². The first-order valence-electron chi connectivity index (χ1n) is 11.3. The molecule has 35 heavy (non-hydrogen) atoms. The zero-order chi connectivity index (χ0) is 24.6. The van der Waals surface area contributed by atoms with Gasteiger partial charge in [-0.3, -0.25) is 14.5 Å². The first-order chi connectivity index (χ1) is 16.8. The van der Waals surface area contributed by atoms with Crippen LogP contribution in [0, 0.1) is 0 Å². The highest BCUT2D eigenvalue weighted by molar-refractivity contribution is 7.11. The number of amides is 2. The Morgan fingerprint density at radius 2 is 1.60 bits per heavy atom. The molecule has 2 saturated heterocycles. The fourth-order valence-corrected chi connectivity index (χ4v) is 5.07. The molecule has 0 spiro atoms. The number of alkyl halides is 3. The molecule has 0 radical (unpaired) electrons. The molecule has 0 N–H and O–H groups in total. The van der Waals surface area contributed by atoms with Gasteiger partial charge in [0.25, 0.3) is 11.8 Å². The highest BCUT2D eigenvalue weighted by Crippen LogP contribution is 2.32. The van der Waals surface area contributed by atoms with Crippen LogP contribution in [0.4, 0.5) is 13.2 Å². The van der Waals surface area contributed by atoms with Gasteiger partial charge < -0.3 is 9.80 Å². The van der Waals surface area contributed by atoms with Crippen LogP contribution in [-0.4, -0.2) is 76.8 Å². The normalized spacial score (nSPS) is 17.3. The van der Waals surface area contributed by atoms with Crippen molar-refractivity contribution in [2.75, 3.05) is 39.3 Å². The summed E-state index contributed by atoms with van der Waals surface area (Å²) in [7, 11) is 0. The van der Waals surface area contributed by atoms with E-state index in [1.54, 1.807) is 46.8 Å². The molecule has 3 aromatic rings. The maximum absolute atomic E-state index is 13.0. The number of aromatic nitrogens is 1. The molecule has 182 valence electrons. The second-order valence-electron chi connectivity index (χ2n) is 8.69. The minimum atomic E-state index is -4.40. The number of piperazine rings is 1. The highest BCUT2D eigenvalue weighted by atomic mass is 32.1.